The maximum atomic E-state index is 3.92. The third kappa shape index (κ3) is 2.93. The van der Waals surface area contributed by atoms with Gasteiger partial charge in [0.2, 0.25) is 0 Å². The molecule has 1 N–H and O–H groups in total. The van der Waals surface area contributed by atoms with Crippen LogP contribution in [-0.2, 0) is 0 Å². The average Bonchev–Trinajstić information content (AvgIpc) is 3.21. The Kier molecular flexibility index (Phi) is 3.67. The van der Waals surface area contributed by atoms with Gasteiger partial charge in [-0.3, -0.25) is 0 Å². The molecule has 3 rings (SSSR count). The zero-order chi connectivity index (χ0) is 12.4. The highest BCUT2D eigenvalue weighted by molar-refractivity contribution is 5.21. The molecule has 0 spiro atoms. The summed E-state index contributed by atoms with van der Waals surface area (Å²) in [6.07, 6.45) is 5.46. The van der Waals surface area contributed by atoms with Crippen molar-refractivity contribution in [2.24, 2.45) is 5.92 Å². The number of benzene rings is 1. The van der Waals surface area contributed by atoms with Crippen LogP contribution in [0.15, 0.2) is 30.3 Å². The van der Waals surface area contributed by atoms with Crippen LogP contribution >= 0.6 is 0 Å². The van der Waals surface area contributed by atoms with E-state index in [4.69, 9.17) is 0 Å². The Labute approximate surface area is 110 Å². The fourth-order valence-corrected chi connectivity index (χ4v) is 3.15. The van der Waals surface area contributed by atoms with Crippen molar-refractivity contribution in [1.29, 1.82) is 0 Å². The van der Waals surface area contributed by atoms with Crippen molar-refractivity contribution in [2.75, 3.05) is 20.1 Å². The predicted octanol–water partition coefficient (Wildman–Crippen LogP) is 2.82. The fraction of sp³-hybridized carbons (Fsp3) is 0.625. The predicted molar refractivity (Wildman–Crippen MR) is 75.6 cm³/mol. The minimum Gasteiger partial charge on any atom is -0.306 e. The number of likely N-dealkylation sites (tertiary alicyclic amines) is 1. The van der Waals surface area contributed by atoms with Crippen LogP contribution in [0.1, 0.15) is 37.3 Å². The Morgan fingerprint density at radius 3 is 2.61 bits per heavy atom. The molecule has 18 heavy (non-hydrogen) atoms. The minimum atomic E-state index is 0.586. The Bertz CT molecular complexity index is 372. The molecular weight excluding hydrogens is 220 g/mol. The van der Waals surface area contributed by atoms with E-state index >= 15 is 0 Å². The van der Waals surface area contributed by atoms with Crippen molar-refractivity contribution in [1.82, 2.24) is 10.2 Å². The Hall–Kier alpha value is -0.860. The molecular formula is C16H24N2. The van der Waals surface area contributed by atoms with E-state index in [-0.39, 0.29) is 0 Å². The second kappa shape index (κ2) is 5.41. The van der Waals surface area contributed by atoms with Crippen LogP contribution in [0.25, 0.3) is 0 Å². The van der Waals surface area contributed by atoms with Gasteiger partial charge in [0.15, 0.2) is 0 Å². The van der Waals surface area contributed by atoms with Gasteiger partial charge >= 0.3 is 0 Å². The van der Waals surface area contributed by atoms with Crippen LogP contribution in [0.5, 0.6) is 0 Å². The number of piperidine rings is 1. The van der Waals surface area contributed by atoms with Crippen molar-refractivity contribution in [3.8, 4) is 0 Å². The lowest BCUT2D eigenvalue weighted by Gasteiger charge is -2.33. The molecule has 1 saturated carbocycles. The van der Waals surface area contributed by atoms with Crippen LogP contribution in [-0.4, -0.2) is 31.1 Å². The summed E-state index contributed by atoms with van der Waals surface area (Å²) in [5.74, 6) is 0.875. The second-order valence-electron chi connectivity index (χ2n) is 5.99. The molecule has 1 saturated heterocycles. The van der Waals surface area contributed by atoms with Crippen LogP contribution in [0.2, 0.25) is 0 Å². The van der Waals surface area contributed by atoms with E-state index in [9.17, 15) is 0 Å². The minimum absolute atomic E-state index is 0.586. The summed E-state index contributed by atoms with van der Waals surface area (Å²) in [5.41, 5.74) is 1.48. The lowest BCUT2D eigenvalue weighted by Crippen LogP contribution is -2.45. The first-order valence-electron chi connectivity index (χ1n) is 7.32. The standard InChI is InChI=1S/C16H24N2/c1-18-11-5-8-15(12-18)17-16(14-9-10-14)13-6-3-2-4-7-13/h2-4,6-7,14-17H,5,8-12H2,1H3. The SMILES string of the molecule is CN1CCCC(NC(c2ccccc2)C2CC2)C1. The van der Waals surface area contributed by atoms with Gasteiger partial charge in [-0.25, -0.2) is 0 Å². The van der Waals surface area contributed by atoms with Gasteiger partial charge in [0.1, 0.15) is 0 Å². The zero-order valence-corrected chi connectivity index (χ0v) is 11.3. The summed E-state index contributed by atoms with van der Waals surface area (Å²) in [5, 5.41) is 3.92. The first-order valence-corrected chi connectivity index (χ1v) is 7.32. The fourth-order valence-electron chi connectivity index (χ4n) is 3.15. The van der Waals surface area contributed by atoms with Gasteiger partial charge in [-0.2, -0.15) is 0 Å². The van der Waals surface area contributed by atoms with E-state index in [0.29, 0.717) is 12.1 Å². The lowest BCUT2D eigenvalue weighted by atomic mass is 9.98. The summed E-state index contributed by atoms with van der Waals surface area (Å²) in [4.78, 5) is 2.45. The van der Waals surface area contributed by atoms with Crippen molar-refractivity contribution in [3.63, 3.8) is 0 Å². The Morgan fingerprint density at radius 2 is 1.94 bits per heavy atom. The Balaban J connectivity index is 1.67. The Morgan fingerprint density at radius 1 is 1.17 bits per heavy atom. The monoisotopic (exact) mass is 244 g/mol. The number of rotatable bonds is 4. The third-order valence-corrected chi connectivity index (χ3v) is 4.29. The van der Waals surface area contributed by atoms with Crippen LogP contribution in [0.4, 0.5) is 0 Å². The van der Waals surface area contributed by atoms with Gasteiger partial charge in [-0.05, 0) is 50.8 Å². The smallest absolute Gasteiger partial charge is 0.0351 e. The van der Waals surface area contributed by atoms with Crippen molar-refractivity contribution < 1.29 is 0 Å². The van der Waals surface area contributed by atoms with E-state index in [1.54, 1.807) is 0 Å². The molecule has 2 heteroatoms. The van der Waals surface area contributed by atoms with E-state index < -0.39 is 0 Å². The maximum Gasteiger partial charge on any atom is 0.0351 e. The molecule has 2 unspecified atom stereocenters. The number of likely N-dealkylation sites (N-methyl/N-ethyl adjacent to an activating group) is 1. The van der Waals surface area contributed by atoms with E-state index in [2.05, 4.69) is 47.6 Å². The van der Waals surface area contributed by atoms with Crippen molar-refractivity contribution >= 4 is 0 Å². The quantitative estimate of drug-likeness (QED) is 0.876. The highest BCUT2D eigenvalue weighted by Gasteiger charge is 2.34. The highest BCUT2D eigenvalue weighted by Crippen LogP contribution is 2.41. The molecule has 0 radical (unpaired) electrons. The molecule has 1 aromatic carbocycles. The summed E-state index contributed by atoms with van der Waals surface area (Å²) in [6, 6.07) is 12.3. The van der Waals surface area contributed by atoms with Gasteiger partial charge in [-0.1, -0.05) is 30.3 Å². The van der Waals surface area contributed by atoms with Gasteiger partial charge in [0.05, 0.1) is 0 Å². The summed E-state index contributed by atoms with van der Waals surface area (Å²) < 4.78 is 0. The molecule has 2 atom stereocenters. The molecule has 0 aromatic heterocycles. The molecule has 98 valence electrons. The van der Waals surface area contributed by atoms with Gasteiger partial charge in [0, 0.05) is 18.6 Å². The van der Waals surface area contributed by atoms with Crippen molar-refractivity contribution in [2.45, 2.75) is 37.8 Å². The lowest BCUT2D eigenvalue weighted by molar-refractivity contribution is 0.212. The zero-order valence-electron chi connectivity index (χ0n) is 11.3. The normalized spacial score (nSPS) is 27.1. The molecule has 2 aliphatic rings. The van der Waals surface area contributed by atoms with E-state index in [0.717, 1.165) is 5.92 Å². The first-order chi connectivity index (χ1) is 8.83. The van der Waals surface area contributed by atoms with E-state index in [1.165, 1.54) is 44.3 Å². The largest absolute Gasteiger partial charge is 0.306 e. The molecule has 1 aromatic rings. The molecule has 2 fully saturated rings. The topological polar surface area (TPSA) is 15.3 Å². The number of nitrogens with zero attached hydrogens (tertiary/aromatic N) is 1. The molecule has 1 heterocycles. The van der Waals surface area contributed by atoms with Crippen LogP contribution in [0, 0.1) is 5.92 Å². The summed E-state index contributed by atoms with van der Waals surface area (Å²) >= 11 is 0. The molecule has 1 aliphatic carbocycles. The summed E-state index contributed by atoms with van der Waals surface area (Å²) in [7, 11) is 2.24. The van der Waals surface area contributed by atoms with Crippen molar-refractivity contribution in [3.05, 3.63) is 35.9 Å². The molecule has 2 nitrogen and oxygen atoms in total. The molecule has 0 bridgehead atoms. The number of hydrogen-bond donors (Lipinski definition) is 1. The summed E-state index contributed by atoms with van der Waals surface area (Å²) in [6.45, 7) is 2.47. The van der Waals surface area contributed by atoms with E-state index in [1.807, 2.05) is 0 Å². The first kappa shape index (κ1) is 12.2. The van der Waals surface area contributed by atoms with Crippen LogP contribution in [0.3, 0.4) is 0 Å². The molecule has 1 aliphatic heterocycles. The van der Waals surface area contributed by atoms with Gasteiger partial charge in [-0.15, -0.1) is 0 Å². The van der Waals surface area contributed by atoms with Gasteiger partial charge < -0.3 is 10.2 Å². The maximum absolute atomic E-state index is 3.92. The van der Waals surface area contributed by atoms with Crippen LogP contribution < -0.4 is 5.32 Å². The third-order valence-electron chi connectivity index (χ3n) is 4.29. The van der Waals surface area contributed by atoms with Gasteiger partial charge in [0.25, 0.3) is 0 Å². The number of hydrogen-bond acceptors (Lipinski definition) is 2. The number of nitrogens with one attached hydrogen (secondary N) is 1. The average molecular weight is 244 g/mol. The second-order valence-corrected chi connectivity index (χ2v) is 5.99. The molecule has 0 amide bonds. The highest BCUT2D eigenvalue weighted by atomic mass is 15.1.